The Labute approximate surface area is 156 Å². The van der Waals surface area contributed by atoms with Crippen LogP contribution in [0.15, 0.2) is 29.4 Å². The number of benzene rings is 1. The maximum Gasteiger partial charge on any atom is 0.273 e. The number of nitro groups is 1. The van der Waals surface area contributed by atoms with Gasteiger partial charge >= 0.3 is 0 Å². The van der Waals surface area contributed by atoms with Crippen LogP contribution in [0.5, 0.6) is 0 Å². The first-order valence-corrected chi connectivity index (χ1v) is 10.2. The van der Waals surface area contributed by atoms with Crippen molar-refractivity contribution in [3.05, 3.63) is 39.9 Å². The molecule has 1 saturated carbocycles. The lowest BCUT2D eigenvalue weighted by Crippen LogP contribution is -2.34. The highest BCUT2D eigenvalue weighted by Gasteiger charge is 2.32. The SMILES string of the molecule is CC1CCN(c2nnc(SCc3ccccc3[N+](=O)[O-])n2C2CC2)CC1. The molecular formula is C18H23N5O2S. The maximum absolute atomic E-state index is 11.2. The van der Waals surface area contributed by atoms with Crippen LogP contribution in [0.4, 0.5) is 11.6 Å². The molecule has 2 aliphatic rings. The number of piperidine rings is 1. The van der Waals surface area contributed by atoms with E-state index in [9.17, 15) is 10.1 Å². The number of rotatable bonds is 6. The van der Waals surface area contributed by atoms with E-state index in [1.165, 1.54) is 12.8 Å². The number of nitrogens with zero attached hydrogens (tertiary/aromatic N) is 5. The van der Waals surface area contributed by atoms with Gasteiger partial charge in [-0.2, -0.15) is 0 Å². The van der Waals surface area contributed by atoms with E-state index in [1.54, 1.807) is 23.9 Å². The summed E-state index contributed by atoms with van der Waals surface area (Å²) in [5.41, 5.74) is 0.893. The van der Waals surface area contributed by atoms with Gasteiger partial charge in [-0.05, 0) is 31.6 Å². The fourth-order valence-electron chi connectivity index (χ4n) is 3.40. The summed E-state index contributed by atoms with van der Waals surface area (Å²) in [7, 11) is 0. The number of aromatic nitrogens is 3. The van der Waals surface area contributed by atoms with Gasteiger partial charge in [-0.1, -0.05) is 36.9 Å². The van der Waals surface area contributed by atoms with Gasteiger partial charge in [-0.3, -0.25) is 14.7 Å². The first-order valence-electron chi connectivity index (χ1n) is 9.18. The van der Waals surface area contributed by atoms with Crippen molar-refractivity contribution < 1.29 is 4.92 Å². The molecule has 0 atom stereocenters. The van der Waals surface area contributed by atoms with E-state index in [-0.39, 0.29) is 10.6 Å². The average Bonchev–Trinajstić information content (AvgIpc) is 3.40. The predicted octanol–water partition coefficient (Wildman–Crippen LogP) is 4.05. The van der Waals surface area contributed by atoms with Crippen LogP contribution >= 0.6 is 11.8 Å². The zero-order chi connectivity index (χ0) is 18.1. The molecular weight excluding hydrogens is 350 g/mol. The van der Waals surface area contributed by atoms with Gasteiger partial charge in [0.05, 0.1) is 4.92 Å². The third-order valence-electron chi connectivity index (χ3n) is 5.17. The zero-order valence-electron chi connectivity index (χ0n) is 14.9. The number of hydrogen-bond donors (Lipinski definition) is 0. The van der Waals surface area contributed by atoms with Crippen molar-refractivity contribution in [3.8, 4) is 0 Å². The highest BCUT2D eigenvalue weighted by molar-refractivity contribution is 7.98. The van der Waals surface area contributed by atoms with Crippen molar-refractivity contribution in [2.45, 2.75) is 49.6 Å². The summed E-state index contributed by atoms with van der Waals surface area (Å²) in [5.74, 6) is 2.28. The number of para-hydroxylation sites is 1. The van der Waals surface area contributed by atoms with Gasteiger partial charge in [0.1, 0.15) is 0 Å². The molecule has 8 heteroatoms. The molecule has 0 amide bonds. The Hall–Kier alpha value is -2.09. The van der Waals surface area contributed by atoms with Crippen LogP contribution in [0.2, 0.25) is 0 Å². The molecule has 4 rings (SSSR count). The molecule has 138 valence electrons. The van der Waals surface area contributed by atoms with Crippen LogP contribution in [0, 0.1) is 16.0 Å². The van der Waals surface area contributed by atoms with Crippen LogP contribution in [-0.2, 0) is 5.75 Å². The molecule has 1 aliphatic heterocycles. The molecule has 0 N–H and O–H groups in total. The highest BCUT2D eigenvalue weighted by atomic mass is 32.2. The quantitative estimate of drug-likeness (QED) is 0.432. The third-order valence-corrected chi connectivity index (χ3v) is 6.16. The smallest absolute Gasteiger partial charge is 0.273 e. The molecule has 2 heterocycles. The lowest BCUT2D eigenvalue weighted by atomic mass is 10.00. The van der Waals surface area contributed by atoms with E-state index in [4.69, 9.17) is 0 Å². The van der Waals surface area contributed by atoms with Crippen molar-refractivity contribution in [2.24, 2.45) is 5.92 Å². The number of nitro benzene ring substituents is 1. The minimum absolute atomic E-state index is 0.169. The second-order valence-electron chi connectivity index (χ2n) is 7.23. The van der Waals surface area contributed by atoms with Crippen LogP contribution < -0.4 is 4.90 Å². The third kappa shape index (κ3) is 3.56. The molecule has 26 heavy (non-hydrogen) atoms. The lowest BCUT2D eigenvalue weighted by Gasteiger charge is -2.31. The molecule has 1 aromatic carbocycles. The Morgan fingerprint density at radius 2 is 1.92 bits per heavy atom. The zero-order valence-corrected chi connectivity index (χ0v) is 15.7. The van der Waals surface area contributed by atoms with Crippen molar-refractivity contribution in [1.82, 2.24) is 14.8 Å². The first kappa shape index (κ1) is 17.3. The average molecular weight is 373 g/mol. The molecule has 7 nitrogen and oxygen atoms in total. The van der Waals surface area contributed by atoms with Crippen LogP contribution in [0.25, 0.3) is 0 Å². The summed E-state index contributed by atoms with van der Waals surface area (Å²) in [4.78, 5) is 13.2. The Bertz CT molecular complexity index is 797. The molecule has 0 unspecified atom stereocenters. The summed E-state index contributed by atoms with van der Waals surface area (Å²) in [6.07, 6.45) is 4.70. The molecule has 2 aromatic rings. The topological polar surface area (TPSA) is 77.1 Å². The van der Waals surface area contributed by atoms with E-state index in [0.717, 1.165) is 48.5 Å². The summed E-state index contributed by atoms with van der Waals surface area (Å²) in [6.45, 7) is 4.36. The first-order chi connectivity index (χ1) is 12.6. The monoisotopic (exact) mass is 373 g/mol. The van der Waals surface area contributed by atoms with E-state index >= 15 is 0 Å². The van der Waals surface area contributed by atoms with E-state index in [0.29, 0.717) is 11.8 Å². The van der Waals surface area contributed by atoms with E-state index in [1.807, 2.05) is 12.1 Å². The molecule has 1 aliphatic carbocycles. The molecule has 0 spiro atoms. The van der Waals surface area contributed by atoms with E-state index in [2.05, 4.69) is 26.6 Å². The van der Waals surface area contributed by atoms with Gasteiger partial charge in [-0.25, -0.2) is 0 Å². The Morgan fingerprint density at radius 3 is 2.62 bits per heavy atom. The fraction of sp³-hybridized carbons (Fsp3) is 0.556. The van der Waals surface area contributed by atoms with Crippen LogP contribution in [-0.4, -0.2) is 32.8 Å². The minimum Gasteiger partial charge on any atom is -0.341 e. The van der Waals surface area contributed by atoms with Crippen molar-refractivity contribution >= 4 is 23.4 Å². The number of thioether (sulfide) groups is 1. The standard InChI is InChI=1S/C18H23N5O2S/c1-13-8-10-21(11-9-13)17-19-20-18(22(17)15-6-7-15)26-12-14-4-2-3-5-16(14)23(24)25/h2-5,13,15H,6-12H2,1H3. The summed E-state index contributed by atoms with van der Waals surface area (Å²) in [5, 5.41) is 21.0. The summed E-state index contributed by atoms with van der Waals surface area (Å²) in [6, 6.07) is 7.40. The molecule has 0 bridgehead atoms. The van der Waals surface area contributed by atoms with Crippen molar-refractivity contribution in [3.63, 3.8) is 0 Å². The van der Waals surface area contributed by atoms with Gasteiger partial charge < -0.3 is 4.90 Å². The largest absolute Gasteiger partial charge is 0.341 e. The number of anilines is 1. The van der Waals surface area contributed by atoms with Gasteiger partial charge in [0, 0.05) is 36.5 Å². The second-order valence-corrected chi connectivity index (χ2v) is 8.17. The van der Waals surface area contributed by atoms with Crippen LogP contribution in [0.1, 0.15) is 44.2 Å². The van der Waals surface area contributed by atoms with Gasteiger partial charge in [0.15, 0.2) is 5.16 Å². The normalized spacial score (nSPS) is 18.3. The Balaban J connectivity index is 1.53. The molecule has 2 fully saturated rings. The summed E-state index contributed by atoms with van der Waals surface area (Å²) >= 11 is 1.54. The molecule has 1 aromatic heterocycles. The summed E-state index contributed by atoms with van der Waals surface area (Å²) < 4.78 is 2.26. The highest BCUT2D eigenvalue weighted by Crippen LogP contribution is 2.42. The van der Waals surface area contributed by atoms with Gasteiger partial charge in [0.25, 0.3) is 5.69 Å². The Morgan fingerprint density at radius 1 is 1.19 bits per heavy atom. The maximum atomic E-state index is 11.2. The Kier molecular flexibility index (Phi) is 4.84. The number of hydrogen-bond acceptors (Lipinski definition) is 6. The van der Waals surface area contributed by atoms with Crippen molar-refractivity contribution in [2.75, 3.05) is 18.0 Å². The predicted molar refractivity (Wildman–Crippen MR) is 102 cm³/mol. The minimum atomic E-state index is -0.318. The van der Waals surface area contributed by atoms with Gasteiger partial charge in [-0.15, -0.1) is 10.2 Å². The fourth-order valence-corrected chi connectivity index (χ4v) is 4.39. The van der Waals surface area contributed by atoms with Crippen molar-refractivity contribution in [1.29, 1.82) is 0 Å². The lowest BCUT2D eigenvalue weighted by molar-refractivity contribution is -0.385. The molecule has 0 radical (unpaired) electrons. The second kappa shape index (κ2) is 7.26. The van der Waals surface area contributed by atoms with Crippen LogP contribution in [0.3, 0.4) is 0 Å². The van der Waals surface area contributed by atoms with E-state index < -0.39 is 0 Å². The molecule has 1 saturated heterocycles. The van der Waals surface area contributed by atoms with Gasteiger partial charge in [0.2, 0.25) is 5.95 Å².